The van der Waals surface area contributed by atoms with Crippen LogP contribution in [-0.2, 0) is 4.79 Å². The first-order chi connectivity index (χ1) is 9.66. The summed E-state index contributed by atoms with van der Waals surface area (Å²) in [6.07, 6.45) is 21.4. The van der Waals surface area contributed by atoms with Crippen LogP contribution in [-0.4, -0.2) is 12.5 Å². The molecule has 0 fully saturated rings. The van der Waals surface area contributed by atoms with Crippen molar-refractivity contribution in [1.82, 2.24) is 5.32 Å². The average Bonchev–Trinajstić information content (AvgIpc) is 2.42. The molecule has 0 aromatic heterocycles. The molecule has 0 aliphatic heterocycles. The normalized spacial score (nSPS) is 13.0. The molecule has 0 rings (SSSR count). The highest BCUT2D eigenvalue weighted by Gasteiger charge is 1.95. The topological polar surface area (TPSA) is 29.1 Å². The fourth-order valence-corrected chi connectivity index (χ4v) is 1.23. The predicted octanol–water partition coefficient (Wildman–Crippen LogP) is 4.34. The smallest absolute Gasteiger partial charge is 0.243 e. The van der Waals surface area contributed by atoms with Gasteiger partial charge in [0.25, 0.3) is 0 Å². The van der Waals surface area contributed by atoms with Crippen LogP contribution < -0.4 is 5.32 Å². The van der Waals surface area contributed by atoms with E-state index in [0.29, 0.717) is 12.5 Å². The summed E-state index contributed by atoms with van der Waals surface area (Å²) in [5.41, 5.74) is 0. The molecule has 0 aliphatic carbocycles. The molecule has 0 saturated heterocycles. The first-order valence-electron chi connectivity index (χ1n) is 7.27. The van der Waals surface area contributed by atoms with E-state index in [-0.39, 0.29) is 5.91 Å². The minimum atomic E-state index is -0.0479. The molecule has 0 radical (unpaired) electrons. The minimum absolute atomic E-state index is 0.0479. The maximum atomic E-state index is 11.3. The van der Waals surface area contributed by atoms with E-state index in [1.54, 1.807) is 6.08 Å². The Balaban J connectivity index is 3.82. The Morgan fingerprint density at radius 2 is 1.50 bits per heavy atom. The summed E-state index contributed by atoms with van der Waals surface area (Å²) in [6.45, 7) is 7.01. The predicted molar refractivity (Wildman–Crippen MR) is 88.5 cm³/mol. The van der Waals surface area contributed by atoms with E-state index in [2.05, 4.69) is 38.2 Å². The molecule has 0 aromatic rings. The van der Waals surface area contributed by atoms with Crippen LogP contribution in [0.3, 0.4) is 0 Å². The van der Waals surface area contributed by atoms with Crippen molar-refractivity contribution in [2.45, 2.75) is 33.6 Å². The van der Waals surface area contributed by atoms with E-state index in [4.69, 9.17) is 0 Å². The Morgan fingerprint density at radius 3 is 2.05 bits per heavy atom. The van der Waals surface area contributed by atoms with E-state index in [9.17, 15) is 4.79 Å². The molecule has 0 aromatic carbocycles. The number of nitrogens with one attached hydrogen (secondary N) is 1. The molecule has 2 heteroatoms. The fourth-order valence-electron chi connectivity index (χ4n) is 1.23. The molecule has 110 valence electrons. The van der Waals surface area contributed by atoms with Crippen LogP contribution in [0.15, 0.2) is 60.8 Å². The summed E-state index contributed by atoms with van der Waals surface area (Å²) in [5, 5.41) is 2.82. The molecular formula is C18H27NO. The Bertz CT molecular complexity index is 384. The van der Waals surface area contributed by atoms with Crippen molar-refractivity contribution in [3.05, 3.63) is 60.8 Å². The van der Waals surface area contributed by atoms with Gasteiger partial charge in [0.05, 0.1) is 0 Å². The highest BCUT2D eigenvalue weighted by molar-refractivity contribution is 5.87. The standard InChI is InChI=1S/C18H27NO/c1-4-5-6-7-8-9-10-11-12-13-14-15-18(20)19-16-17(2)3/h6-15,17H,4-5,16H2,1-3H3,(H,19,20)/b7-6?,9-8?,11-10?,13-12+,15-14+. The van der Waals surface area contributed by atoms with Crippen molar-refractivity contribution in [2.75, 3.05) is 6.54 Å². The SMILES string of the molecule is CCCC=CC=CC=C/C=C/C=C/C(=O)NCC(C)C. The van der Waals surface area contributed by atoms with Crippen LogP contribution in [0.1, 0.15) is 33.6 Å². The Hall–Kier alpha value is -1.83. The highest BCUT2D eigenvalue weighted by atomic mass is 16.1. The maximum Gasteiger partial charge on any atom is 0.243 e. The van der Waals surface area contributed by atoms with E-state index < -0.39 is 0 Å². The maximum absolute atomic E-state index is 11.3. The van der Waals surface area contributed by atoms with Gasteiger partial charge >= 0.3 is 0 Å². The van der Waals surface area contributed by atoms with Gasteiger partial charge in [-0.3, -0.25) is 4.79 Å². The van der Waals surface area contributed by atoms with Gasteiger partial charge < -0.3 is 5.32 Å². The Labute approximate surface area is 123 Å². The molecule has 0 unspecified atom stereocenters. The molecule has 2 nitrogen and oxygen atoms in total. The van der Waals surface area contributed by atoms with Gasteiger partial charge in [0.15, 0.2) is 0 Å². The Morgan fingerprint density at radius 1 is 0.950 bits per heavy atom. The van der Waals surface area contributed by atoms with E-state index >= 15 is 0 Å². The van der Waals surface area contributed by atoms with Crippen LogP contribution >= 0.6 is 0 Å². The second-order valence-corrected chi connectivity index (χ2v) is 4.87. The summed E-state index contributed by atoms with van der Waals surface area (Å²) >= 11 is 0. The fraction of sp³-hybridized carbons (Fsp3) is 0.389. The van der Waals surface area contributed by atoms with Crippen LogP contribution in [0.25, 0.3) is 0 Å². The van der Waals surface area contributed by atoms with Crippen LogP contribution in [0.5, 0.6) is 0 Å². The summed E-state index contributed by atoms with van der Waals surface area (Å²) in [7, 11) is 0. The number of hydrogen-bond donors (Lipinski definition) is 1. The molecule has 1 N–H and O–H groups in total. The summed E-state index contributed by atoms with van der Waals surface area (Å²) in [5.74, 6) is 0.428. The van der Waals surface area contributed by atoms with Crippen molar-refractivity contribution in [3.63, 3.8) is 0 Å². The van der Waals surface area contributed by atoms with Gasteiger partial charge in [0, 0.05) is 12.6 Å². The van der Waals surface area contributed by atoms with Crippen molar-refractivity contribution >= 4 is 5.91 Å². The Kier molecular flexibility index (Phi) is 12.4. The number of hydrogen-bond acceptors (Lipinski definition) is 1. The molecule has 0 spiro atoms. The third-order valence-corrected chi connectivity index (χ3v) is 2.30. The van der Waals surface area contributed by atoms with E-state index in [1.165, 1.54) is 12.5 Å². The summed E-state index contributed by atoms with van der Waals surface area (Å²) in [4.78, 5) is 11.3. The van der Waals surface area contributed by atoms with Gasteiger partial charge in [-0.1, -0.05) is 81.9 Å². The molecule has 1 amide bonds. The number of rotatable bonds is 9. The van der Waals surface area contributed by atoms with Gasteiger partial charge in [-0.2, -0.15) is 0 Å². The van der Waals surface area contributed by atoms with Crippen LogP contribution in [0, 0.1) is 5.92 Å². The molecule has 0 saturated carbocycles. The number of carbonyl (C=O) groups excluding carboxylic acids is 1. The van der Waals surface area contributed by atoms with Crippen LogP contribution in [0.4, 0.5) is 0 Å². The van der Waals surface area contributed by atoms with Gasteiger partial charge in [0.1, 0.15) is 0 Å². The van der Waals surface area contributed by atoms with E-state index in [0.717, 1.165) is 6.42 Å². The number of unbranched alkanes of at least 4 members (excludes halogenated alkanes) is 1. The zero-order chi connectivity index (χ0) is 15.1. The lowest BCUT2D eigenvalue weighted by Crippen LogP contribution is -2.25. The first kappa shape index (κ1) is 18.2. The lowest BCUT2D eigenvalue weighted by atomic mass is 10.2. The zero-order valence-electron chi connectivity index (χ0n) is 12.9. The van der Waals surface area contributed by atoms with Gasteiger partial charge in [-0.15, -0.1) is 0 Å². The molecule has 20 heavy (non-hydrogen) atoms. The lowest BCUT2D eigenvalue weighted by molar-refractivity contribution is -0.116. The van der Waals surface area contributed by atoms with Crippen molar-refractivity contribution < 1.29 is 4.79 Å². The monoisotopic (exact) mass is 273 g/mol. The minimum Gasteiger partial charge on any atom is -0.352 e. The second-order valence-electron chi connectivity index (χ2n) is 4.87. The lowest BCUT2D eigenvalue weighted by Gasteiger charge is -2.03. The van der Waals surface area contributed by atoms with Gasteiger partial charge in [-0.25, -0.2) is 0 Å². The van der Waals surface area contributed by atoms with Crippen LogP contribution in [0.2, 0.25) is 0 Å². The van der Waals surface area contributed by atoms with Gasteiger partial charge in [0.2, 0.25) is 5.91 Å². The molecule has 0 aliphatic rings. The summed E-state index contributed by atoms with van der Waals surface area (Å²) in [6, 6.07) is 0. The first-order valence-corrected chi connectivity index (χ1v) is 7.27. The zero-order valence-corrected chi connectivity index (χ0v) is 12.9. The molecule has 0 bridgehead atoms. The highest BCUT2D eigenvalue weighted by Crippen LogP contribution is 1.90. The number of allylic oxidation sites excluding steroid dienone is 9. The summed E-state index contributed by atoms with van der Waals surface area (Å²) < 4.78 is 0. The average molecular weight is 273 g/mol. The van der Waals surface area contributed by atoms with Crippen molar-refractivity contribution in [3.8, 4) is 0 Å². The number of carbonyl (C=O) groups is 1. The quantitative estimate of drug-likeness (QED) is 0.491. The second kappa shape index (κ2) is 13.6. The third kappa shape index (κ3) is 14.2. The number of amides is 1. The van der Waals surface area contributed by atoms with E-state index in [1.807, 2.05) is 36.5 Å². The molecule has 0 atom stereocenters. The van der Waals surface area contributed by atoms with Crippen molar-refractivity contribution in [1.29, 1.82) is 0 Å². The largest absolute Gasteiger partial charge is 0.352 e. The molecule has 0 heterocycles. The third-order valence-electron chi connectivity index (χ3n) is 2.30. The molecular weight excluding hydrogens is 246 g/mol. The van der Waals surface area contributed by atoms with Gasteiger partial charge in [-0.05, 0) is 12.3 Å². The van der Waals surface area contributed by atoms with Crippen molar-refractivity contribution in [2.24, 2.45) is 5.92 Å².